The van der Waals surface area contributed by atoms with E-state index < -0.39 is 0 Å². The van der Waals surface area contributed by atoms with Gasteiger partial charge in [-0.3, -0.25) is 4.79 Å². The Bertz CT molecular complexity index is 536. The molecule has 1 aromatic rings. The first-order valence-corrected chi connectivity index (χ1v) is 8.76. The summed E-state index contributed by atoms with van der Waals surface area (Å²) in [5, 5.41) is 3.99. The summed E-state index contributed by atoms with van der Waals surface area (Å²) >= 11 is 6.09. The summed E-state index contributed by atoms with van der Waals surface area (Å²) in [6, 6.07) is 8.05. The Kier molecular flexibility index (Phi) is 4.74. The summed E-state index contributed by atoms with van der Waals surface area (Å²) in [5.41, 5.74) is 6.73. The second-order valence-corrected chi connectivity index (χ2v) is 7.38. The number of amides is 1. The molecule has 0 spiro atoms. The maximum absolute atomic E-state index is 13.0. The maximum atomic E-state index is 13.0. The van der Waals surface area contributed by atoms with Gasteiger partial charge in [-0.05, 0) is 55.7 Å². The molecule has 120 valence electrons. The van der Waals surface area contributed by atoms with E-state index >= 15 is 0 Å². The Balaban J connectivity index is 1.74. The number of nitrogens with two attached hydrogens (primary N) is 1. The van der Waals surface area contributed by atoms with Crippen molar-refractivity contribution in [3.63, 3.8) is 0 Å². The minimum atomic E-state index is -0.271. The molecule has 0 bridgehead atoms. The highest BCUT2D eigenvalue weighted by Crippen LogP contribution is 2.42. The molecule has 3 nitrogen and oxygen atoms in total. The first kappa shape index (κ1) is 15.8. The Labute approximate surface area is 137 Å². The average Bonchev–Trinajstić information content (AvgIpc) is 3.24. The smallest absolute Gasteiger partial charge is 0.226 e. The number of hydrogen-bond donors (Lipinski definition) is 2. The SMILES string of the molecule is NCC(NC(=O)C1(Cc2cccc(Cl)c2)CCCC1)C1CC1. The maximum Gasteiger partial charge on any atom is 0.226 e. The topological polar surface area (TPSA) is 55.1 Å². The lowest BCUT2D eigenvalue weighted by Crippen LogP contribution is -2.49. The van der Waals surface area contributed by atoms with Crippen LogP contribution in [-0.4, -0.2) is 18.5 Å². The molecular formula is C18H25ClN2O. The van der Waals surface area contributed by atoms with Gasteiger partial charge in [-0.1, -0.05) is 36.6 Å². The summed E-state index contributed by atoms with van der Waals surface area (Å²) < 4.78 is 0. The third-order valence-corrected chi connectivity index (χ3v) is 5.47. The van der Waals surface area contributed by atoms with Gasteiger partial charge in [-0.2, -0.15) is 0 Å². The van der Waals surface area contributed by atoms with Crippen molar-refractivity contribution in [1.29, 1.82) is 0 Å². The number of nitrogens with one attached hydrogen (secondary N) is 1. The van der Waals surface area contributed by atoms with Gasteiger partial charge in [0.15, 0.2) is 0 Å². The van der Waals surface area contributed by atoms with Gasteiger partial charge < -0.3 is 11.1 Å². The van der Waals surface area contributed by atoms with E-state index in [9.17, 15) is 4.79 Å². The quantitative estimate of drug-likeness (QED) is 0.845. The van der Waals surface area contributed by atoms with E-state index in [1.165, 1.54) is 12.8 Å². The van der Waals surface area contributed by atoms with Gasteiger partial charge >= 0.3 is 0 Å². The molecule has 0 aromatic heterocycles. The van der Waals surface area contributed by atoms with Crippen LogP contribution in [0.4, 0.5) is 0 Å². The molecule has 2 aliphatic carbocycles. The van der Waals surface area contributed by atoms with Crippen LogP contribution < -0.4 is 11.1 Å². The fraction of sp³-hybridized carbons (Fsp3) is 0.611. The molecular weight excluding hydrogens is 296 g/mol. The van der Waals surface area contributed by atoms with Crippen molar-refractivity contribution >= 4 is 17.5 Å². The summed E-state index contributed by atoms with van der Waals surface area (Å²) in [5.74, 6) is 0.797. The molecule has 3 N–H and O–H groups in total. The van der Waals surface area contributed by atoms with Crippen molar-refractivity contribution in [2.75, 3.05) is 6.54 Å². The molecule has 0 aliphatic heterocycles. The van der Waals surface area contributed by atoms with Crippen LogP contribution in [0.25, 0.3) is 0 Å². The van der Waals surface area contributed by atoms with Crippen molar-refractivity contribution < 1.29 is 4.79 Å². The van der Waals surface area contributed by atoms with Gasteiger partial charge in [0.2, 0.25) is 5.91 Å². The Hall–Kier alpha value is -1.06. The number of carbonyl (C=O) groups excluding carboxylic acids is 1. The van der Waals surface area contributed by atoms with E-state index in [1.807, 2.05) is 18.2 Å². The second kappa shape index (κ2) is 6.59. The largest absolute Gasteiger partial charge is 0.351 e. The molecule has 22 heavy (non-hydrogen) atoms. The predicted molar refractivity (Wildman–Crippen MR) is 89.8 cm³/mol. The van der Waals surface area contributed by atoms with E-state index in [1.54, 1.807) is 0 Å². The van der Waals surface area contributed by atoms with Crippen LogP contribution in [-0.2, 0) is 11.2 Å². The number of carbonyl (C=O) groups is 1. The number of rotatable bonds is 6. The Morgan fingerprint density at radius 3 is 2.68 bits per heavy atom. The molecule has 2 aliphatic rings. The molecule has 0 saturated heterocycles. The minimum Gasteiger partial charge on any atom is -0.351 e. The molecule has 2 saturated carbocycles. The fourth-order valence-electron chi connectivity index (χ4n) is 3.76. The number of benzene rings is 1. The van der Waals surface area contributed by atoms with Crippen molar-refractivity contribution in [2.45, 2.75) is 51.0 Å². The molecule has 3 rings (SSSR count). The van der Waals surface area contributed by atoms with Crippen molar-refractivity contribution in [2.24, 2.45) is 17.1 Å². The first-order chi connectivity index (χ1) is 10.6. The second-order valence-electron chi connectivity index (χ2n) is 6.95. The zero-order valence-corrected chi connectivity index (χ0v) is 13.7. The van der Waals surface area contributed by atoms with Crippen LogP contribution >= 0.6 is 11.6 Å². The summed E-state index contributed by atoms with van der Waals surface area (Å²) in [6.45, 7) is 0.545. The first-order valence-electron chi connectivity index (χ1n) is 8.38. The fourth-order valence-corrected chi connectivity index (χ4v) is 3.98. The molecule has 0 radical (unpaired) electrons. The summed E-state index contributed by atoms with van der Waals surface area (Å²) in [4.78, 5) is 13.0. The predicted octanol–water partition coefficient (Wildman–Crippen LogP) is 3.30. The van der Waals surface area contributed by atoms with Crippen LogP contribution in [0.15, 0.2) is 24.3 Å². The normalized spacial score (nSPS) is 21.5. The van der Waals surface area contributed by atoms with Gasteiger partial charge in [-0.15, -0.1) is 0 Å². The summed E-state index contributed by atoms with van der Waals surface area (Å²) in [7, 11) is 0. The average molecular weight is 321 g/mol. The molecule has 1 aromatic carbocycles. The van der Waals surface area contributed by atoms with Gasteiger partial charge in [0.25, 0.3) is 0 Å². The molecule has 0 heterocycles. The van der Waals surface area contributed by atoms with Gasteiger partial charge in [0, 0.05) is 17.6 Å². The Morgan fingerprint density at radius 2 is 2.09 bits per heavy atom. The zero-order chi connectivity index (χ0) is 15.6. The molecule has 1 atom stereocenters. The number of halogens is 1. The zero-order valence-electron chi connectivity index (χ0n) is 13.0. The van der Waals surface area contributed by atoms with E-state index in [0.717, 1.165) is 42.7 Å². The van der Waals surface area contributed by atoms with Crippen LogP contribution in [0.2, 0.25) is 5.02 Å². The standard InChI is InChI=1S/C18H25ClN2O/c19-15-5-3-4-13(10-15)11-18(8-1-2-9-18)17(22)21-16(12-20)14-6-7-14/h3-5,10,14,16H,1-2,6-9,11-12,20H2,(H,21,22). The highest BCUT2D eigenvalue weighted by molar-refractivity contribution is 6.30. The lowest BCUT2D eigenvalue weighted by molar-refractivity contribution is -0.131. The van der Waals surface area contributed by atoms with E-state index in [2.05, 4.69) is 11.4 Å². The van der Waals surface area contributed by atoms with E-state index in [-0.39, 0.29) is 17.4 Å². The van der Waals surface area contributed by atoms with Crippen molar-refractivity contribution in [3.05, 3.63) is 34.9 Å². The lowest BCUT2D eigenvalue weighted by Gasteiger charge is -2.30. The monoisotopic (exact) mass is 320 g/mol. The van der Waals surface area contributed by atoms with Gasteiger partial charge in [-0.25, -0.2) is 0 Å². The van der Waals surface area contributed by atoms with Crippen molar-refractivity contribution in [1.82, 2.24) is 5.32 Å². The Morgan fingerprint density at radius 1 is 1.36 bits per heavy atom. The van der Waals surface area contributed by atoms with Crippen LogP contribution in [0.3, 0.4) is 0 Å². The molecule has 4 heteroatoms. The minimum absolute atomic E-state index is 0.157. The highest BCUT2D eigenvalue weighted by Gasteiger charge is 2.43. The summed E-state index contributed by atoms with van der Waals surface area (Å²) in [6.07, 6.45) is 7.37. The molecule has 1 unspecified atom stereocenters. The number of hydrogen-bond acceptors (Lipinski definition) is 2. The van der Waals surface area contributed by atoms with Crippen LogP contribution in [0.1, 0.15) is 44.1 Å². The van der Waals surface area contributed by atoms with Gasteiger partial charge in [0.05, 0.1) is 5.41 Å². The van der Waals surface area contributed by atoms with E-state index in [0.29, 0.717) is 12.5 Å². The van der Waals surface area contributed by atoms with E-state index in [4.69, 9.17) is 17.3 Å². The third kappa shape index (κ3) is 3.47. The molecule has 2 fully saturated rings. The highest BCUT2D eigenvalue weighted by atomic mass is 35.5. The van der Waals surface area contributed by atoms with Crippen LogP contribution in [0, 0.1) is 11.3 Å². The molecule has 1 amide bonds. The van der Waals surface area contributed by atoms with Crippen molar-refractivity contribution in [3.8, 4) is 0 Å². The lowest BCUT2D eigenvalue weighted by atomic mass is 9.79. The van der Waals surface area contributed by atoms with Gasteiger partial charge in [0.1, 0.15) is 0 Å². The third-order valence-electron chi connectivity index (χ3n) is 5.24. The van der Waals surface area contributed by atoms with Crippen LogP contribution in [0.5, 0.6) is 0 Å².